The molecule has 1 fully saturated rings. The van der Waals surface area contributed by atoms with Crippen LogP contribution in [-0.2, 0) is 9.53 Å². The van der Waals surface area contributed by atoms with Crippen molar-refractivity contribution in [1.29, 1.82) is 0 Å². The van der Waals surface area contributed by atoms with Gasteiger partial charge in [-0.1, -0.05) is 24.3 Å². The Morgan fingerprint density at radius 1 is 0.794 bits per heavy atom. The summed E-state index contributed by atoms with van der Waals surface area (Å²) in [6.45, 7) is 2.95. The minimum absolute atomic E-state index is 0.150. The Balaban J connectivity index is 1.27. The molecule has 1 heterocycles. The van der Waals surface area contributed by atoms with Gasteiger partial charge in [0.05, 0.1) is 25.3 Å². The number of rotatable bonds is 7. The number of amides is 2. The van der Waals surface area contributed by atoms with E-state index in [1.807, 2.05) is 24.3 Å². The summed E-state index contributed by atoms with van der Waals surface area (Å²) >= 11 is 0. The first kappa shape index (κ1) is 23.0. The molecule has 1 saturated heterocycles. The average molecular weight is 460 g/mol. The molecular weight excluding hydrogens is 434 g/mol. The van der Waals surface area contributed by atoms with Crippen LogP contribution in [0.4, 0.5) is 11.4 Å². The van der Waals surface area contributed by atoms with Gasteiger partial charge in [0.15, 0.2) is 0 Å². The lowest BCUT2D eigenvalue weighted by Gasteiger charge is -2.28. The van der Waals surface area contributed by atoms with Gasteiger partial charge in [-0.15, -0.1) is 0 Å². The molecule has 0 saturated carbocycles. The summed E-state index contributed by atoms with van der Waals surface area (Å²) in [7, 11) is 0. The molecule has 0 unspecified atom stereocenters. The van der Waals surface area contributed by atoms with Crippen molar-refractivity contribution in [3.63, 3.8) is 0 Å². The summed E-state index contributed by atoms with van der Waals surface area (Å²) in [5, 5.41) is 14.4. The van der Waals surface area contributed by atoms with Crippen LogP contribution in [0.25, 0.3) is 11.1 Å². The quantitative estimate of drug-likeness (QED) is 0.501. The maximum Gasteiger partial charge on any atom is 0.335 e. The summed E-state index contributed by atoms with van der Waals surface area (Å²) in [6, 6.07) is 21.0. The van der Waals surface area contributed by atoms with E-state index in [4.69, 9.17) is 9.84 Å². The van der Waals surface area contributed by atoms with Gasteiger partial charge in [-0.05, 0) is 59.7 Å². The van der Waals surface area contributed by atoms with Crippen LogP contribution in [0.2, 0.25) is 0 Å². The lowest BCUT2D eigenvalue weighted by Crippen LogP contribution is -2.36. The number of ether oxygens (including phenoxy) is 1. The first-order valence-corrected chi connectivity index (χ1v) is 10.9. The molecular formula is C26H25N3O5. The van der Waals surface area contributed by atoms with Crippen LogP contribution in [0.5, 0.6) is 0 Å². The number of morpholine rings is 1. The van der Waals surface area contributed by atoms with Crippen LogP contribution >= 0.6 is 0 Å². The number of nitrogens with one attached hydrogen (secondary N) is 2. The summed E-state index contributed by atoms with van der Waals surface area (Å²) in [6.07, 6.45) is 0. The van der Waals surface area contributed by atoms with Gasteiger partial charge in [-0.2, -0.15) is 0 Å². The summed E-state index contributed by atoms with van der Waals surface area (Å²) in [5.41, 5.74) is 4.08. The molecule has 1 aliphatic rings. The van der Waals surface area contributed by atoms with Crippen molar-refractivity contribution in [2.75, 3.05) is 43.1 Å². The van der Waals surface area contributed by atoms with Gasteiger partial charge in [0.2, 0.25) is 5.91 Å². The predicted octanol–water partition coefficient (Wildman–Crippen LogP) is 3.26. The molecule has 8 nitrogen and oxygen atoms in total. The predicted molar refractivity (Wildman–Crippen MR) is 129 cm³/mol. The van der Waals surface area contributed by atoms with Crippen molar-refractivity contribution >= 4 is 29.2 Å². The minimum atomic E-state index is -0.979. The SMILES string of the molecule is O=C(CNC(=O)c1ccc(-c2ccc(C(=O)O)cc2)cc1)Nc1ccc(N2CCOCC2)cc1. The molecule has 0 spiro atoms. The van der Waals surface area contributed by atoms with Crippen molar-refractivity contribution in [2.24, 2.45) is 0 Å². The van der Waals surface area contributed by atoms with E-state index in [1.54, 1.807) is 36.4 Å². The Morgan fingerprint density at radius 2 is 1.35 bits per heavy atom. The van der Waals surface area contributed by atoms with E-state index in [-0.39, 0.29) is 23.9 Å². The largest absolute Gasteiger partial charge is 0.478 e. The van der Waals surface area contributed by atoms with Crippen molar-refractivity contribution < 1.29 is 24.2 Å². The minimum Gasteiger partial charge on any atom is -0.478 e. The molecule has 0 aliphatic carbocycles. The number of carboxylic acid groups (broad SMARTS) is 1. The van der Waals surface area contributed by atoms with E-state index < -0.39 is 5.97 Å². The average Bonchev–Trinajstić information content (AvgIpc) is 2.88. The third-order valence-corrected chi connectivity index (χ3v) is 5.55. The maximum absolute atomic E-state index is 12.4. The van der Waals surface area contributed by atoms with Gasteiger partial charge in [0, 0.05) is 30.0 Å². The topological polar surface area (TPSA) is 108 Å². The lowest BCUT2D eigenvalue weighted by molar-refractivity contribution is -0.115. The number of hydrogen-bond donors (Lipinski definition) is 3. The Morgan fingerprint density at radius 3 is 1.91 bits per heavy atom. The van der Waals surface area contributed by atoms with E-state index in [9.17, 15) is 14.4 Å². The maximum atomic E-state index is 12.4. The van der Waals surface area contributed by atoms with Crippen LogP contribution in [0.15, 0.2) is 72.8 Å². The summed E-state index contributed by atoms with van der Waals surface area (Å²) in [5.74, 6) is -1.65. The molecule has 174 valence electrons. The number of nitrogens with zero attached hydrogens (tertiary/aromatic N) is 1. The molecule has 34 heavy (non-hydrogen) atoms. The fourth-order valence-corrected chi connectivity index (χ4v) is 3.66. The zero-order chi connectivity index (χ0) is 23.9. The van der Waals surface area contributed by atoms with Crippen LogP contribution in [0.1, 0.15) is 20.7 Å². The molecule has 0 aromatic heterocycles. The Kier molecular flexibility index (Phi) is 7.19. The summed E-state index contributed by atoms with van der Waals surface area (Å²) < 4.78 is 5.36. The van der Waals surface area contributed by atoms with Crippen molar-refractivity contribution in [3.8, 4) is 11.1 Å². The smallest absolute Gasteiger partial charge is 0.335 e. The molecule has 0 atom stereocenters. The van der Waals surface area contributed by atoms with Gasteiger partial charge in [0.1, 0.15) is 0 Å². The van der Waals surface area contributed by atoms with E-state index in [1.165, 1.54) is 12.1 Å². The highest BCUT2D eigenvalue weighted by Gasteiger charge is 2.12. The zero-order valence-corrected chi connectivity index (χ0v) is 18.5. The fourth-order valence-electron chi connectivity index (χ4n) is 3.66. The standard InChI is InChI=1S/C26H25N3O5/c30-24(28-22-9-11-23(12-10-22)29-13-15-34-16-14-29)17-27-25(31)20-5-1-18(2-6-20)19-3-7-21(8-4-19)26(32)33/h1-12H,13-17H2,(H,27,31)(H,28,30)(H,32,33). The van der Waals surface area contributed by atoms with E-state index >= 15 is 0 Å². The highest BCUT2D eigenvalue weighted by molar-refractivity contribution is 5.99. The number of hydrogen-bond acceptors (Lipinski definition) is 5. The number of anilines is 2. The normalized spacial score (nSPS) is 13.2. The zero-order valence-electron chi connectivity index (χ0n) is 18.5. The summed E-state index contributed by atoms with van der Waals surface area (Å²) in [4.78, 5) is 37.9. The van der Waals surface area contributed by atoms with Crippen LogP contribution in [0, 0.1) is 0 Å². The second-order valence-electron chi connectivity index (χ2n) is 7.84. The molecule has 0 radical (unpaired) electrons. The Labute approximate surface area is 197 Å². The van der Waals surface area contributed by atoms with Gasteiger partial charge in [0.25, 0.3) is 5.91 Å². The molecule has 8 heteroatoms. The first-order valence-electron chi connectivity index (χ1n) is 10.9. The third kappa shape index (κ3) is 5.79. The van der Waals surface area contributed by atoms with E-state index in [2.05, 4.69) is 15.5 Å². The highest BCUT2D eigenvalue weighted by atomic mass is 16.5. The monoisotopic (exact) mass is 459 g/mol. The number of benzene rings is 3. The first-order chi connectivity index (χ1) is 16.5. The van der Waals surface area contributed by atoms with Crippen molar-refractivity contribution in [2.45, 2.75) is 0 Å². The van der Waals surface area contributed by atoms with Crippen LogP contribution < -0.4 is 15.5 Å². The van der Waals surface area contributed by atoms with Crippen LogP contribution in [0.3, 0.4) is 0 Å². The second kappa shape index (κ2) is 10.6. The van der Waals surface area contributed by atoms with Gasteiger partial charge in [-0.3, -0.25) is 9.59 Å². The Hall–Kier alpha value is -4.17. The second-order valence-corrected chi connectivity index (χ2v) is 7.84. The third-order valence-electron chi connectivity index (χ3n) is 5.55. The molecule has 1 aliphatic heterocycles. The number of carboxylic acids is 1. The van der Waals surface area contributed by atoms with Gasteiger partial charge < -0.3 is 25.4 Å². The van der Waals surface area contributed by atoms with Crippen molar-refractivity contribution in [1.82, 2.24) is 5.32 Å². The highest BCUT2D eigenvalue weighted by Crippen LogP contribution is 2.21. The number of aromatic carboxylic acids is 1. The molecule has 2 amide bonds. The molecule has 0 bridgehead atoms. The van der Waals surface area contributed by atoms with Crippen molar-refractivity contribution in [3.05, 3.63) is 83.9 Å². The fraction of sp³-hybridized carbons (Fsp3) is 0.192. The molecule has 4 rings (SSSR count). The van der Waals surface area contributed by atoms with E-state index in [0.29, 0.717) is 24.5 Å². The van der Waals surface area contributed by atoms with Gasteiger partial charge in [-0.25, -0.2) is 4.79 Å². The lowest BCUT2D eigenvalue weighted by atomic mass is 10.0. The number of carbonyl (C=O) groups excluding carboxylic acids is 2. The molecule has 3 N–H and O–H groups in total. The van der Waals surface area contributed by atoms with Gasteiger partial charge >= 0.3 is 5.97 Å². The molecule has 3 aromatic carbocycles. The van der Waals surface area contributed by atoms with E-state index in [0.717, 1.165) is 29.9 Å². The number of carbonyl (C=O) groups is 3. The van der Waals surface area contributed by atoms with Crippen LogP contribution in [-0.4, -0.2) is 55.7 Å². The Bertz CT molecular complexity index is 1150. The molecule has 3 aromatic rings.